The van der Waals surface area contributed by atoms with Gasteiger partial charge in [-0.05, 0) is 55.2 Å². The molecule has 0 fully saturated rings. The summed E-state index contributed by atoms with van der Waals surface area (Å²) in [7, 11) is 0. The molecule has 0 spiro atoms. The van der Waals surface area contributed by atoms with E-state index in [2.05, 4.69) is 36.9 Å². The first-order chi connectivity index (χ1) is 13.4. The van der Waals surface area contributed by atoms with Crippen LogP contribution < -0.4 is 20.9 Å². The average Bonchev–Trinajstić information content (AvgIpc) is 2.66. The van der Waals surface area contributed by atoms with Crippen molar-refractivity contribution in [1.29, 1.82) is 0 Å². The Hall–Kier alpha value is -2.15. The van der Waals surface area contributed by atoms with Gasteiger partial charge in [-0.1, -0.05) is 46.5 Å². The SMILES string of the molecule is CCCCCCCC(=O)NC(=S)NNC(=O)c1ccc(OCCC(C)C)cc1. The van der Waals surface area contributed by atoms with Crippen molar-refractivity contribution in [3.8, 4) is 5.75 Å². The molecule has 0 aliphatic carbocycles. The number of thiocarbonyl (C=S) groups is 1. The van der Waals surface area contributed by atoms with Crippen LogP contribution in [0.3, 0.4) is 0 Å². The van der Waals surface area contributed by atoms with Gasteiger partial charge in [0.15, 0.2) is 5.11 Å². The Bertz CT molecular complexity index is 618. The monoisotopic (exact) mass is 407 g/mol. The van der Waals surface area contributed by atoms with Gasteiger partial charge in [-0.3, -0.25) is 20.4 Å². The summed E-state index contributed by atoms with van der Waals surface area (Å²) in [5, 5.41) is 2.65. The molecule has 3 N–H and O–H groups in total. The van der Waals surface area contributed by atoms with Crippen molar-refractivity contribution in [3.05, 3.63) is 29.8 Å². The number of benzene rings is 1. The molecule has 0 aliphatic rings. The number of ether oxygens (including phenoxy) is 1. The van der Waals surface area contributed by atoms with Crippen molar-refractivity contribution in [2.45, 2.75) is 65.7 Å². The maximum Gasteiger partial charge on any atom is 0.269 e. The van der Waals surface area contributed by atoms with Gasteiger partial charge >= 0.3 is 0 Å². The van der Waals surface area contributed by atoms with Gasteiger partial charge in [0.2, 0.25) is 5.91 Å². The van der Waals surface area contributed by atoms with E-state index in [9.17, 15) is 9.59 Å². The first kappa shape index (κ1) is 23.9. The van der Waals surface area contributed by atoms with E-state index in [0.29, 0.717) is 24.5 Å². The minimum Gasteiger partial charge on any atom is -0.494 e. The highest BCUT2D eigenvalue weighted by molar-refractivity contribution is 7.80. The maximum absolute atomic E-state index is 12.1. The van der Waals surface area contributed by atoms with Crippen molar-refractivity contribution in [2.24, 2.45) is 5.92 Å². The van der Waals surface area contributed by atoms with Crippen molar-refractivity contribution < 1.29 is 14.3 Å². The number of unbranched alkanes of at least 4 members (excludes halogenated alkanes) is 4. The van der Waals surface area contributed by atoms with Crippen LogP contribution >= 0.6 is 12.2 Å². The molecular weight excluding hydrogens is 374 g/mol. The van der Waals surface area contributed by atoms with Gasteiger partial charge in [0.1, 0.15) is 5.75 Å². The van der Waals surface area contributed by atoms with Crippen LogP contribution in [-0.4, -0.2) is 23.5 Å². The van der Waals surface area contributed by atoms with Gasteiger partial charge in [0.05, 0.1) is 6.61 Å². The molecule has 0 bridgehead atoms. The third kappa shape index (κ3) is 10.9. The Balaban J connectivity index is 2.27. The quantitative estimate of drug-likeness (QED) is 0.292. The zero-order valence-corrected chi connectivity index (χ0v) is 18.0. The summed E-state index contributed by atoms with van der Waals surface area (Å²) in [6, 6.07) is 6.88. The van der Waals surface area contributed by atoms with Gasteiger partial charge in [-0.15, -0.1) is 0 Å². The summed E-state index contributed by atoms with van der Waals surface area (Å²) in [5.74, 6) is 0.824. The number of hydrazine groups is 1. The zero-order valence-electron chi connectivity index (χ0n) is 17.2. The fraction of sp³-hybridized carbons (Fsp3) is 0.571. The van der Waals surface area contributed by atoms with Gasteiger partial charge in [0, 0.05) is 12.0 Å². The average molecular weight is 408 g/mol. The number of hydrogen-bond acceptors (Lipinski definition) is 4. The molecule has 28 heavy (non-hydrogen) atoms. The van der Waals surface area contributed by atoms with E-state index in [0.717, 1.165) is 31.4 Å². The molecular formula is C21H33N3O3S. The van der Waals surface area contributed by atoms with E-state index in [1.165, 1.54) is 12.8 Å². The molecule has 6 nitrogen and oxygen atoms in total. The normalized spacial score (nSPS) is 10.4. The second kappa shape index (κ2) is 13.9. The first-order valence-corrected chi connectivity index (χ1v) is 10.5. The lowest BCUT2D eigenvalue weighted by Gasteiger charge is -2.11. The van der Waals surface area contributed by atoms with E-state index in [4.69, 9.17) is 17.0 Å². The summed E-state index contributed by atoms with van der Waals surface area (Å²) in [4.78, 5) is 23.9. The molecule has 1 aromatic carbocycles. The molecule has 0 saturated heterocycles. The molecule has 0 heterocycles. The van der Waals surface area contributed by atoms with Gasteiger partial charge in [-0.25, -0.2) is 0 Å². The Morgan fingerprint density at radius 3 is 2.36 bits per heavy atom. The Kier molecular flexibility index (Phi) is 11.9. The lowest BCUT2D eigenvalue weighted by atomic mass is 10.1. The number of amides is 2. The fourth-order valence-corrected chi connectivity index (χ4v) is 2.58. The van der Waals surface area contributed by atoms with Crippen LogP contribution in [0.1, 0.15) is 76.1 Å². The lowest BCUT2D eigenvalue weighted by Crippen LogP contribution is -2.48. The highest BCUT2D eigenvalue weighted by atomic mass is 32.1. The largest absolute Gasteiger partial charge is 0.494 e. The van der Waals surface area contributed by atoms with E-state index < -0.39 is 0 Å². The zero-order chi connectivity index (χ0) is 20.8. The molecule has 1 aromatic rings. The summed E-state index contributed by atoms with van der Waals surface area (Å²) in [6.07, 6.45) is 6.80. The summed E-state index contributed by atoms with van der Waals surface area (Å²) in [6.45, 7) is 7.09. The molecule has 0 aliphatic heterocycles. The second-order valence-corrected chi connectivity index (χ2v) is 7.58. The van der Waals surface area contributed by atoms with Crippen LogP contribution in [0.15, 0.2) is 24.3 Å². The Morgan fingerprint density at radius 2 is 1.71 bits per heavy atom. The third-order valence-corrected chi connectivity index (χ3v) is 4.33. The van der Waals surface area contributed by atoms with E-state index in [-0.39, 0.29) is 16.9 Å². The molecule has 0 saturated carbocycles. The number of rotatable bonds is 11. The molecule has 2 amide bonds. The topological polar surface area (TPSA) is 79.5 Å². The van der Waals surface area contributed by atoms with E-state index in [1.807, 2.05) is 0 Å². The molecule has 0 radical (unpaired) electrons. The van der Waals surface area contributed by atoms with Crippen molar-refractivity contribution >= 4 is 29.1 Å². The predicted octanol–water partition coefficient (Wildman–Crippen LogP) is 4.11. The standard InChI is InChI=1S/C21H33N3O3S/c1-4-5-6-7-8-9-19(25)22-21(28)24-23-20(26)17-10-12-18(13-11-17)27-15-14-16(2)3/h10-13,16H,4-9,14-15H2,1-3H3,(H,23,26)(H2,22,24,25,28). The minimum absolute atomic E-state index is 0.0838. The first-order valence-electron chi connectivity index (χ1n) is 10.1. The minimum atomic E-state index is -0.343. The number of hydrogen-bond donors (Lipinski definition) is 3. The molecule has 0 atom stereocenters. The van der Waals surface area contributed by atoms with Crippen molar-refractivity contribution in [2.75, 3.05) is 6.61 Å². The van der Waals surface area contributed by atoms with Crippen LogP contribution in [0.5, 0.6) is 5.75 Å². The van der Waals surface area contributed by atoms with Gasteiger partial charge < -0.3 is 10.1 Å². The van der Waals surface area contributed by atoms with E-state index >= 15 is 0 Å². The van der Waals surface area contributed by atoms with Crippen molar-refractivity contribution in [3.63, 3.8) is 0 Å². The molecule has 7 heteroatoms. The second-order valence-electron chi connectivity index (χ2n) is 7.18. The number of carbonyl (C=O) groups excluding carboxylic acids is 2. The number of carbonyl (C=O) groups is 2. The van der Waals surface area contributed by atoms with Crippen LogP contribution in [0, 0.1) is 5.92 Å². The summed E-state index contributed by atoms with van der Waals surface area (Å²) < 4.78 is 5.63. The third-order valence-electron chi connectivity index (χ3n) is 4.13. The molecule has 1 rings (SSSR count). The summed E-state index contributed by atoms with van der Waals surface area (Å²) in [5.41, 5.74) is 5.50. The van der Waals surface area contributed by atoms with Gasteiger partial charge in [0.25, 0.3) is 5.91 Å². The van der Waals surface area contributed by atoms with Crippen LogP contribution in [-0.2, 0) is 4.79 Å². The molecule has 156 valence electrons. The fourth-order valence-electron chi connectivity index (χ4n) is 2.41. The smallest absolute Gasteiger partial charge is 0.269 e. The van der Waals surface area contributed by atoms with Crippen LogP contribution in [0.4, 0.5) is 0 Å². The highest BCUT2D eigenvalue weighted by Gasteiger charge is 2.08. The van der Waals surface area contributed by atoms with Crippen LogP contribution in [0.2, 0.25) is 0 Å². The Morgan fingerprint density at radius 1 is 1.04 bits per heavy atom. The Labute approximate surface area is 173 Å². The van der Waals surface area contributed by atoms with Crippen LogP contribution in [0.25, 0.3) is 0 Å². The maximum atomic E-state index is 12.1. The molecule has 0 unspecified atom stereocenters. The highest BCUT2D eigenvalue weighted by Crippen LogP contribution is 2.13. The van der Waals surface area contributed by atoms with Gasteiger partial charge in [-0.2, -0.15) is 0 Å². The lowest BCUT2D eigenvalue weighted by molar-refractivity contribution is -0.119. The predicted molar refractivity (Wildman–Crippen MR) is 116 cm³/mol. The molecule has 0 aromatic heterocycles. The van der Waals surface area contributed by atoms with E-state index in [1.54, 1.807) is 24.3 Å². The van der Waals surface area contributed by atoms with Crippen molar-refractivity contribution in [1.82, 2.24) is 16.2 Å². The summed E-state index contributed by atoms with van der Waals surface area (Å²) >= 11 is 5.03. The number of nitrogens with one attached hydrogen (secondary N) is 3.